The summed E-state index contributed by atoms with van der Waals surface area (Å²) < 4.78 is 41.6. The van der Waals surface area contributed by atoms with Gasteiger partial charge in [0.1, 0.15) is 11.9 Å². The van der Waals surface area contributed by atoms with Crippen molar-refractivity contribution in [2.45, 2.75) is 12.5 Å². The maximum Gasteiger partial charge on any atom is 0.573 e. The number of hydrogen-bond donors (Lipinski definition) is 1. The Balaban J connectivity index is 2.44. The van der Waals surface area contributed by atoms with Crippen LogP contribution in [0.15, 0.2) is 46.9 Å². The Labute approximate surface area is 132 Å². The van der Waals surface area contributed by atoms with Gasteiger partial charge in [-0.2, -0.15) is 0 Å². The van der Waals surface area contributed by atoms with Gasteiger partial charge in [-0.1, -0.05) is 41.9 Å². The Morgan fingerprint density at radius 3 is 2.33 bits per heavy atom. The van der Waals surface area contributed by atoms with E-state index in [4.69, 9.17) is 11.6 Å². The molecule has 2 nitrogen and oxygen atoms in total. The van der Waals surface area contributed by atoms with Crippen LogP contribution in [-0.2, 0) is 0 Å². The van der Waals surface area contributed by atoms with Crippen molar-refractivity contribution in [3.63, 3.8) is 0 Å². The molecule has 21 heavy (non-hydrogen) atoms. The minimum atomic E-state index is -4.84. The monoisotopic (exact) mass is 380 g/mol. The van der Waals surface area contributed by atoms with E-state index in [0.717, 1.165) is 6.07 Å². The zero-order chi connectivity index (χ0) is 15.6. The highest BCUT2D eigenvalue weighted by molar-refractivity contribution is 9.10. The molecule has 2 aromatic carbocycles. The summed E-state index contributed by atoms with van der Waals surface area (Å²) in [5.41, 5.74) is 0.263. The highest BCUT2D eigenvalue weighted by Crippen LogP contribution is 2.37. The van der Waals surface area contributed by atoms with Gasteiger partial charge in [-0.25, -0.2) is 0 Å². The number of alkyl halides is 3. The van der Waals surface area contributed by atoms with Crippen molar-refractivity contribution in [2.24, 2.45) is 0 Å². The van der Waals surface area contributed by atoms with Gasteiger partial charge in [0.25, 0.3) is 0 Å². The Kier molecular flexibility index (Phi) is 4.81. The summed E-state index contributed by atoms with van der Waals surface area (Å²) in [7, 11) is 0. The van der Waals surface area contributed by atoms with Crippen molar-refractivity contribution in [3.8, 4) is 5.75 Å². The van der Waals surface area contributed by atoms with Crippen molar-refractivity contribution in [1.29, 1.82) is 0 Å². The molecule has 0 aliphatic heterocycles. The Bertz CT molecular complexity index is 646. The first-order chi connectivity index (χ1) is 9.79. The number of aliphatic hydroxyl groups is 1. The lowest BCUT2D eigenvalue weighted by molar-refractivity contribution is -0.275. The van der Waals surface area contributed by atoms with Gasteiger partial charge in [0.2, 0.25) is 0 Å². The molecular weight excluding hydrogens is 373 g/mol. The molecule has 0 aliphatic carbocycles. The van der Waals surface area contributed by atoms with E-state index in [-0.39, 0.29) is 16.1 Å². The van der Waals surface area contributed by atoms with Gasteiger partial charge in [-0.3, -0.25) is 0 Å². The number of aliphatic hydroxyl groups excluding tert-OH is 1. The lowest BCUT2D eigenvalue weighted by atomic mass is 10.0. The molecule has 0 bridgehead atoms. The lowest BCUT2D eigenvalue weighted by Gasteiger charge is -2.18. The van der Waals surface area contributed by atoms with E-state index in [0.29, 0.717) is 4.47 Å². The predicted octanol–water partition coefficient (Wildman–Crippen LogP) is 5.08. The van der Waals surface area contributed by atoms with Crippen molar-refractivity contribution in [1.82, 2.24) is 0 Å². The summed E-state index contributed by atoms with van der Waals surface area (Å²) in [5, 5.41) is 10.6. The van der Waals surface area contributed by atoms with Crippen LogP contribution in [0.5, 0.6) is 5.75 Å². The zero-order valence-corrected chi connectivity index (χ0v) is 12.7. The Morgan fingerprint density at radius 1 is 1.05 bits per heavy atom. The maximum absolute atomic E-state index is 12.4. The first-order valence-electron chi connectivity index (χ1n) is 5.76. The summed E-state index contributed by atoms with van der Waals surface area (Å²) in [4.78, 5) is 0. The topological polar surface area (TPSA) is 29.5 Å². The van der Waals surface area contributed by atoms with Gasteiger partial charge in [0.15, 0.2) is 0 Å². The largest absolute Gasteiger partial charge is 0.573 e. The quantitative estimate of drug-likeness (QED) is 0.803. The third-order valence-electron chi connectivity index (χ3n) is 2.72. The molecule has 1 N–H and O–H groups in total. The molecule has 1 unspecified atom stereocenters. The molecule has 0 aromatic heterocycles. The molecular formula is C14H9BrClF3O2. The Morgan fingerprint density at radius 2 is 1.67 bits per heavy atom. The van der Waals surface area contributed by atoms with Crippen LogP contribution in [0, 0.1) is 0 Å². The summed E-state index contributed by atoms with van der Waals surface area (Å²) in [6.07, 6.45) is -6.18. The molecule has 0 saturated carbocycles. The van der Waals surface area contributed by atoms with Crippen molar-refractivity contribution < 1.29 is 23.0 Å². The van der Waals surface area contributed by atoms with E-state index in [2.05, 4.69) is 20.7 Å². The highest BCUT2D eigenvalue weighted by Gasteiger charge is 2.33. The lowest BCUT2D eigenvalue weighted by Crippen LogP contribution is -2.19. The zero-order valence-electron chi connectivity index (χ0n) is 10.4. The van der Waals surface area contributed by atoms with Crippen molar-refractivity contribution >= 4 is 27.5 Å². The number of hydrogen-bond acceptors (Lipinski definition) is 2. The standard InChI is InChI=1S/C14H9BrClF3O2/c15-10-6-3-5-9(12(10)16)13(20)8-4-1-2-7-11(8)21-14(17,18)19/h1-7,13,20H. The van der Waals surface area contributed by atoms with E-state index in [1.807, 2.05) is 0 Å². The van der Waals surface area contributed by atoms with Crippen LogP contribution in [0.1, 0.15) is 17.2 Å². The van der Waals surface area contributed by atoms with Gasteiger partial charge < -0.3 is 9.84 Å². The van der Waals surface area contributed by atoms with Gasteiger partial charge >= 0.3 is 6.36 Å². The number of benzene rings is 2. The molecule has 7 heteroatoms. The molecule has 0 aliphatic rings. The van der Waals surface area contributed by atoms with E-state index in [1.165, 1.54) is 24.3 Å². The number of rotatable bonds is 3. The molecule has 2 rings (SSSR count). The van der Waals surface area contributed by atoms with E-state index < -0.39 is 18.2 Å². The fourth-order valence-corrected chi connectivity index (χ4v) is 2.43. The predicted molar refractivity (Wildman–Crippen MR) is 76.3 cm³/mol. The van der Waals surface area contributed by atoms with Crippen LogP contribution in [0.2, 0.25) is 5.02 Å². The van der Waals surface area contributed by atoms with Gasteiger partial charge in [-0.05, 0) is 28.1 Å². The Hall–Kier alpha value is -1.24. The molecule has 0 spiro atoms. The van der Waals surface area contributed by atoms with Crippen LogP contribution in [-0.4, -0.2) is 11.5 Å². The van der Waals surface area contributed by atoms with Crippen LogP contribution in [0.25, 0.3) is 0 Å². The summed E-state index contributed by atoms with van der Waals surface area (Å²) in [6, 6.07) is 10.2. The summed E-state index contributed by atoms with van der Waals surface area (Å²) >= 11 is 9.25. The van der Waals surface area contributed by atoms with Gasteiger partial charge in [0, 0.05) is 15.6 Å². The number of ether oxygens (including phenoxy) is 1. The third-order valence-corrected chi connectivity index (χ3v) is 4.03. The average Bonchev–Trinajstić information content (AvgIpc) is 2.40. The average molecular weight is 382 g/mol. The third kappa shape index (κ3) is 3.90. The fourth-order valence-electron chi connectivity index (χ4n) is 1.82. The molecule has 0 fully saturated rings. The second-order valence-corrected chi connectivity index (χ2v) is 5.36. The first kappa shape index (κ1) is 16.1. The maximum atomic E-state index is 12.4. The summed E-state index contributed by atoms with van der Waals surface area (Å²) in [5.74, 6) is -0.464. The molecule has 0 saturated heterocycles. The normalized spacial score (nSPS) is 13.0. The number of para-hydroxylation sites is 1. The van der Waals surface area contributed by atoms with Crippen molar-refractivity contribution in [2.75, 3.05) is 0 Å². The van der Waals surface area contributed by atoms with Gasteiger partial charge in [-0.15, -0.1) is 13.2 Å². The summed E-state index contributed by atoms with van der Waals surface area (Å²) in [6.45, 7) is 0. The van der Waals surface area contributed by atoms with E-state index >= 15 is 0 Å². The number of halogens is 5. The van der Waals surface area contributed by atoms with Gasteiger partial charge in [0.05, 0.1) is 5.02 Å². The van der Waals surface area contributed by atoms with E-state index in [1.54, 1.807) is 12.1 Å². The van der Waals surface area contributed by atoms with Crippen LogP contribution < -0.4 is 4.74 Å². The van der Waals surface area contributed by atoms with Crippen LogP contribution in [0.4, 0.5) is 13.2 Å². The van der Waals surface area contributed by atoms with Crippen LogP contribution >= 0.6 is 27.5 Å². The minimum absolute atomic E-state index is 0.0187. The molecule has 0 heterocycles. The van der Waals surface area contributed by atoms with Crippen molar-refractivity contribution in [3.05, 3.63) is 63.1 Å². The molecule has 0 amide bonds. The smallest absolute Gasteiger partial charge is 0.405 e. The van der Waals surface area contributed by atoms with E-state index in [9.17, 15) is 18.3 Å². The van der Waals surface area contributed by atoms with Crippen LogP contribution in [0.3, 0.4) is 0 Å². The molecule has 1 atom stereocenters. The second kappa shape index (κ2) is 6.25. The molecule has 0 radical (unpaired) electrons. The molecule has 2 aromatic rings. The second-order valence-electron chi connectivity index (χ2n) is 4.13. The SMILES string of the molecule is OC(c1ccccc1OC(F)(F)F)c1cccc(Br)c1Cl. The minimum Gasteiger partial charge on any atom is -0.405 e. The molecule has 112 valence electrons. The fraction of sp³-hybridized carbons (Fsp3) is 0.143. The first-order valence-corrected chi connectivity index (χ1v) is 6.93. The highest BCUT2D eigenvalue weighted by atomic mass is 79.9.